The summed E-state index contributed by atoms with van der Waals surface area (Å²) in [4.78, 5) is 6.16. The summed E-state index contributed by atoms with van der Waals surface area (Å²) in [6.45, 7) is 2.33. The van der Waals surface area contributed by atoms with Gasteiger partial charge in [-0.05, 0) is 44.5 Å². The summed E-state index contributed by atoms with van der Waals surface area (Å²) in [6, 6.07) is 7.58. The first-order chi connectivity index (χ1) is 19.9. The second-order valence-corrected chi connectivity index (χ2v) is 14.6. The van der Waals surface area contributed by atoms with Gasteiger partial charge in [-0.25, -0.2) is 21.6 Å². The molecule has 0 saturated carbocycles. The van der Waals surface area contributed by atoms with Gasteiger partial charge in [0.15, 0.2) is 0 Å². The van der Waals surface area contributed by atoms with Gasteiger partial charge in [0.1, 0.15) is 41.5 Å². The lowest BCUT2D eigenvalue weighted by Gasteiger charge is -2.38. The van der Waals surface area contributed by atoms with Crippen molar-refractivity contribution < 1.29 is 36.2 Å². The number of aromatic nitrogens is 1. The Labute approximate surface area is 246 Å². The van der Waals surface area contributed by atoms with E-state index in [1.807, 2.05) is 11.9 Å². The molecule has 2 aromatic rings. The molecule has 1 aromatic heterocycles. The number of anilines is 2. The number of likely N-dealkylation sites (N-methyl/N-ethyl adjacent to an activating group) is 1. The third-order valence-electron chi connectivity index (χ3n) is 7.97. The maximum absolute atomic E-state index is 13.5. The van der Waals surface area contributed by atoms with Crippen LogP contribution in [0.4, 0.5) is 11.5 Å². The van der Waals surface area contributed by atoms with E-state index in [9.17, 15) is 21.9 Å². The fourth-order valence-electron chi connectivity index (χ4n) is 5.47. The van der Waals surface area contributed by atoms with Gasteiger partial charge in [0.25, 0.3) is 0 Å². The van der Waals surface area contributed by atoms with Crippen molar-refractivity contribution in [3.05, 3.63) is 30.3 Å². The zero-order chi connectivity index (χ0) is 30.1. The summed E-state index contributed by atoms with van der Waals surface area (Å²) in [6.07, 6.45) is 0.911. The van der Waals surface area contributed by atoms with E-state index in [-0.39, 0.29) is 47.9 Å². The second-order valence-electron chi connectivity index (χ2n) is 10.8. The Bertz CT molecular complexity index is 1500. The molecule has 0 amide bonds. The Morgan fingerprint density at radius 3 is 2.71 bits per heavy atom. The Balaban J connectivity index is 1.11. The number of piperidine rings is 1. The van der Waals surface area contributed by atoms with Gasteiger partial charge in [0.2, 0.25) is 25.9 Å². The number of benzene rings is 1. The number of hydrogen-bond donors (Lipinski definition) is 4. The van der Waals surface area contributed by atoms with E-state index >= 15 is 0 Å². The summed E-state index contributed by atoms with van der Waals surface area (Å²) in [7, 11) is -4.27. The molecule has 2 atom stereocenters. The third kappa shape index (κ3) is 6.44. The molecule has 0 bridgehead atoms. The van der Waals surface area contributed by atoms with Crippen LogP contribution in [0.5, 0.6) is 11.6 Å². The quantitative estimate of drug-likeness (QED) is 0.271. The van der Waals surface area contributed by atoms with Gasteiger partial charge in [-0.3, -0.25) is 0 Å². The minimum Gasteiger partial charge on any atom is -0.491 e. The van der Waals surface area contributed by atoms with E-state index in [1.54, 1.807) is 18.2 Å². The highest BCUT2D eigenvalue weighted by Crippen LogP contribution is 2.39. The van der Waals surface area contributed by atoms with Gasteiger partial charge >= 0.3 is 0 Å². The topological polar surface area (TPSA) is 186 Å². The van der Waals surface area contributed by atoms with Crippen molar-refractivity contribution in [3.8, 4) is 11.6 Å². The number of nitrogens with one attached hydrogen (secondary N) is 2. The average Bonchev–Trinajstić information content (AvgIpc) is 3.37. The lowest BCUT2D eigenvalue weighted by molar-refractivity contribution is -0.0312. The van der Waals surface area contributed by atoms with Gasteiger partial charge < -0.3 is 35.3 Å². The van der Waals surface area contributed by atoms with Crippen LogP contribution in [0.3, 0.4) is 0 Å². The number of fused-ring (bicyclic) bond motifs is 1. The second kappa shape index (κ2) is 12.1. The van der Waals surface area contributed by atoms with Crippen LogP contribution in [0.15, 0.2) is 40.1 Å². The number of sulfonamides is 2. The fourth-order valence-corrected chi connectivity index (χ4v) is 7.74. The summed E-state index contributed by atoms with van der Waals surface area (Å²) in [5.74, 6) is 0.592. The lowest BCUT2D eigenvalue weighted by atomic mass is 9.88. The predicted octanol–water partition coefficient (Wildman–Crippen LogP) is -0.258. The van der Waals surface area contributed by atoms with Crippen molar-refractivity contribution in [3.63, 3.8) is 0 Å². The largest absolute Gasteiger partial charge is 0.491 e. The Hall–Kier alpha value is -2.73. The Morgan fingerprint density at radius 1 is 1.21 bits per heavy atom. The van der Waals surface area contributed by atoms with E-state index in [1.165, 1.54) is 23.5 Å². The number of nitrogens with two attached hydrogens (primary N) is 1. The van der Waals surface area contributed by atoms with E-state index in [2.05, 4.69) is 15.0 Å². The van der Waals surface area contributed by atoms with Crippen LogP contribution >= 0.6 is 0 Å². The Morgan fingerprint density at radius 2 is 1.98 bits per heavy atom. The van der Waals surface area contributed by atoms with Crippen molar-refractivity contribution in [2.45, 2.75) is 46.8 Å². The summed E-state index contributed by atoms with van der Waals surface area (Å²) >= 11 is 0. The molecule has 5 N–H and O–H groups in total. The average molecular weight is 627 g/mol. The predicted molar refractivity (Wildman–Crippen MR) is 155 cm³/mol. The maximum atomic E-state index is 13.5. The number of pyridine rings is 1. The third-order valence-corrected chi connectivity index (χ3v) is 11.3. The molecule has 16 heteroatoms. The molecular weight excluding hydrogens is 588 g/mol. The molecule has 0 aliphatic carbocycles. The first-order valence-electron chi connectivity index (χ1n) is 13.8. The van der Waals surface area contributed by atoms with Gasteiger partial charge in [-0.1, -0.05) is 6.07 Å². The van der Waals surface area contributed by atoms with Crippen LogP contribution in [-0.4, -0.2) is 109 Å². The van der Waals surface area contributed by atoms with E-state index in [0.29, 0.717) is 56.3 Å². The zero-order valence-corrected chi connectivity index (χ0v) is 25.3. The smallest absolute Gasteiger partial charge is 0.246 e. The zero-order valence-electron chi connectivity index (χ0n) is 23.7. The van der Waals surface area contributed by atoms with Gasteiger partial charge in [-0.15, -0.1) is 0 Å². The molecule has 1 unspecified atom stereocenters. The molecular formula is C26H38N6O8S2. The van der Waals surface area contributed by atoms with Gasteiger partial charge in [0, 0.05) is 38.8 Å². The molecule has 1 spiro atoms. The lowest BCUT2D eigenvalue weighted by Crippen LogP contribution is -2.47. The number of aliphatic hydroxyl groups excluding tert-OH is 1. The molecule has 3 aliphatic heterocycles. The minimum atomic E-state index is -3.86. The Kier molecular flexibility index (Phi) is 8.85. The molecule has 232 valence electrons. The first kappa shape index (κ1) is 30.7. The number of aliphatic hydroxyl groups is 1. The van der Waals surface area contributed by atoms with Crippen molar-refractivity contribution in [2.75, 3.05) is 70.7 Å². The van der Waals surface area contributed by atoms with Crippen LogP contribution in [0.2, 0.25) is 0 Å². The number of ether oxygens (including phenoxy) is 3. The highest BCUT2D eigenvalue weighted by Gasteiger charge is 2.45. The monoisotopic (exact) mass is 626 g/mol. The van der Waals surface area contributed by atoms with E-state index in [0.717, 1.165) is 0 Å². The fraction of sp³-hybridized carbons (Fsp3) is 0.577. The minimum absolute atomic E-state index is 0.0112. The molecule has 2 saturated heterocycles. The summed E-state index contributed by atoms with van der Waals surface area (Å²) in [5.41, 5.74) is 6.20. The molecule has 5 rings (SSSR count). The standard InChI is InChI=1S/C26H38N6O8S2/c1-28-41(34,35)21-5-3-4-20(12-21)39-17-19(33)15-29-18-14-26(40-16-18)6-8-32(9-7-26)42(36,37)23-13-22-25(30-24(23)27)38-11-10-31(22)2/h3-5,12-13,18-19,28-29,33H,6-11,14-17H2,1-2H3,(H2,27,30)/t18?,19-/m0/s1. The number of nitrogen functional groups attached to an aromatic ring is 1. The van der Waals surface area contributed by atoms with Crippen molar-refractivity contribution in [2.24, 2.45) is 0 Å². The number of rotatable bonds is 10. The van der Waals surface area contributed by atoms with Crippen LogP contribution in [-0.2, 0) is 24.8 Å². The highest BCUT2D eigenvalue weighted by molar-refractivity contribution is 7.89. The molecule has 2 fully saturated rings. The number of hydrogen-bond acceptors (Lipinski definition) is 12. The highest BCUT2D eigenvalue weighted by atomic mass is 32.2. The van der Waals surface area contributed by atoms with Crippen LogP contribution in [0, 0.1) is 0 Å². The van der Waals surface area contributed by atoms with Crippen LogP contribution < -0.4 is 30.1 Å². The summed E-state index contributed by atoms with van der Waals surface area (Å²) in [5, 5.41) is 13.7. The van der Waals surface area contributed by atoms with Crippen molar-refractivity contribution in [1.82, 2.24) is 19.3 Å². The molecule has 1 aromatic carbocycles. The van der Waals surface area contributed by atoms with Crippen molar-refractivity contribution >= 4 is 31.6 Å². The van der Waals surface area contributed by atoms with Crippen molar-refractivity contribution in [1.29, 1.82) is 0 Å². The molecule has 42 heavy (non-hydrogen) atoms. The molecule has 3 aliphatic rings. The van der Waals surface area contributed by atoms with E-state index < -0.39 is 31.8 Å². The number of nitrogens with zero attached hydrogens (tertiary/aromatic N) is 3. The summed E-state index contributed by atoms with van der Waals surface area (Å²) < 4.78 is 72.0. The van der Waals surface area contributed by atoms with Crippen LogP contribution in [0.1, 0.15) is 19.3 Å². The molecule has 0 radical (unpaired) electrons. The van der Waals surface area contributed by atoms with E-state index in [4.69, 9.17) is 19.9 Å². The van der Waals surface area contributed by atoms with Gasteiger partial charge in [0.05, 0.1) is 23.6 Å². The van der Waals surface area contributed by atoms with Gasteiger partial charge in [-0.2, -0.15) is 9.29 Å². The SMILES string of the molecule is CNS(=O)(=O)c1cccc(OC[C@@H](O)CNC2COC3(CCN(S(=O)(=O)c4cc5c(nc4N)OCCN5C)CC3)C2)c1. The molecule has 4 heterocycles. The van der Waals surface area contributed by atoms with Crippen LogP contribution in [0.25, 0.3) is 0 Å². The maximum Gasteiger partial charge on any atom is 0.246 e. The normalized spacial score (nSPS) is 21.6. The first-order valence-corrected chi connectivity index (χ1v) is 16.7. The molecule has 14 nitrogen and oxygen atoms in total.